The fourth-order valence-electron chi connectivity index (χ4n) is 5.52. The van der Waals surface area contributed by atoms with Crippen LogP contribution in [0.15, 0.2) is 67.0 Å². The maximum absolute atomic E-state index is 13.3. The van der Waals surface area contributed by atoms with Crippen LogP contribution in [0.25, 0.3) is 5.69 Å². The Kier molecular flexibility index (Phi) is 14.2. The highest BCUT2D eigenvalue weighted by molar-refractivity contribution is 5.79. The number of aliphatic hydroxyl groups is 1. The van der Waals surface area contributed by atoms with E-state index in [-0.39, 0.29) is 23.7 Å². The molecule has 8 heteroatoms. The lowest BCUT2D eigenvalue weighted by Gasteiger charge is -2.30. The molecule has 4 atom stereocenters. The van der Waals surface area contributed by atoms with Crippen molar-refractivity contribution >= 4 is 5.91 Å². The summed E-state index contributed by atoms with van der Waals surface area (Å²) in [6.07, 6.45) is 5.76. The molecule has 0 bridgehead atoms. The van der Waals surface area contributed by atoms with E-state index in [0.29, 0.717) is 44.3 Å². The van der Waals surface area contributed by atoms with Crippen LogP contribution in [0.5, 0.6) is 11.5 Å². The number of nitrogens with one attached hydrogen (secondary N) is 1. The fraction of sp³-hybridized carbons (Fsp3) is 0.528. The minimum absolute atomic E-state index is 0.0607. The van der Waals surface area contributed by atoms with E-state index >= 15 is 0 Å². The smallest absolute Gasteiger partial charge is 0.223 e. The summed E-state index contributed by atoms with van der Waals surface area (Å²) in [7, 11) is 3.32. The van der Waals surface area contributed by atoms with Crippen LogP contribution in [0.1, 0.15) is 58.1 Å². The Balaban J connectivity index is 1.59. The Labute approximate surface area is 263 Å². The third-order valence-electron chi connectivity index (χ3n) is 8.41. The lowest BCUT2D eigenvalue weighted by molar-refractivity contribution is -0.127. The molecule has 4 N–H and O–H groups in total. The highest BCUT2D eigenvalue weighted by atomic mass is 16.5. The van der Waals surface area contributed by atoms with Crippen molar-refractivity contribution in [3.05, 3.63) is 78.1 Å². The zero-order valence-electron chi connectivity index (χ0n) is 27.4. The molecular formula is C36H53N3O5. The third-order valence-corrected chi connectivity index (χ3v) is 8.41. The van der Waals surface area contributed by atoms with Crippen molar-refractivity contribution < 1.29 is 24.1 Å². The van der Waals surface area contributed by atoms with E-state index in [9.17, 15) is 9.90 Å². The van der Waals surface area contributed by atoms with Gasteiger partial charge in [-0.05, 0) is 84.5 Å². The van der Waals surface area contributed by atoms with Crippen molar-refractivity contribution in [2.45, 2.75) is 72.1 Å². The maximum atomic E-state index is 13.3. The van der Waals surface area contributed by atoms with Crippen LogP contribution in [0.3, 0.4) is 0 Å². The number of carbonyl (C=O) groups is 1. The molecule has 0 aliphatic carbocycles. The molecule has 3 aromatic rings. The van der Waals surface area contributed by atoms with Gasteiger partial charge in [-0.15, -0.1) is 0 Å². The van der Waals surface area contributed by atoms with Gasteiger partial charge in [-0.25, -0.2) is 0 Å². The molecule has 0 aliphatic rings. The van der Waals surface area contributed by atoms with Gasteiger partial charge in [-0.1, -0.05) is 45.9 Å². The molecule has 3 rings (SSSR count). The lowest BCUT2D eigenvalue weighted by atomic mass is 9.81. The van der Waals surface area contributed by atoms with Crippen LogP contribution in [0.4, 0.5) is 0 Å². The topological polar surface area (TPSA) is 108 Å². The van der Waals surface area contributed by atoms with E-state index in [2.05, 4.69) is 31.3 Å². The molecule has 0 radical (unpaired) electrons. The first-order valence-electron chi connectivity index (χ1n) is 15.8. The van der Waals surface area contributed by atoms with E-state index in [0.717, 1.165) is 35.4 Å². The molecule has 44 heavy (non-hydrogen) atoms. The van der Waals surface area contributed by atoms with Gasteiger partial charge in [0.1, 0.15) is 0 Å². The zero-order valence-corrected chi connectivity index (χ0v) is 27.4. The molecule has 242 valence electrons. The summed E-state index contributed by atoms with van der Waals surface area (Å²) in [5, 5.41) is 14.3. The highest BCUT2D eigenvalue weighted by Gasteiger charge is 2.30. The fourth-order valence-corrected chi connectivity index (χ4v) is 5.52. The van der Waals surface area contributed by atoms with E-state index < -0.39 is 12.1 Å². The minimum atomic E-state index is -0.790. The second-order valence-corrected chi connectivity index (χ2v) is 12.4. The largest absolute Gasteiger partial charge is 0.493 e. The molecule has 1 amide bonds. The summed E-state index contributed by atoms with van der Waals surface area (Å²) in [5.74, 6) is 1.67. The van der Waals surface area contributed by atoms with Crippen molar-refractivity contribution in [1.82, 2.24) is 9.88 Å². The average molecular weight is 608 g/mol. The number of methoxy groups -OCH3 is 2. The second kappa shape index (κ2) is 17.8. The van der Waals surface area contributed by atoms with Crippen LogP contribution in [0.2, 0.25) is 0 Å². The number of benzene rings is 2. The number of amides is 1. The first kappa shape index (κ1) is 35.2. The minimum Gasteiger partial charge on any atom is -0.493 e. The Bertz CT molecular complexity index is 1260. The predicted molar refractivity (Wildman–Crippen MR) is 176 cm³/mol. The van der Waals surface area contributed by atoms with Gasteiger partial charge >= 0.3 is 0 Å². The van der Waals surface area contributed by atoms with Gasteiger partial charge in [0.25, 0.3) is 0 Å². The van der Waals surface area contributed by atoms with Gasteiger partial charge in [0.2, 0.25) is 5.91 Å². The Morgan fingerprint density at radius 3 is 2.32 bits per heavy atom. The molecule has 0 spiro atoms. The predicted octanol–water partition coefficient (Wildman–Crippen LogP) is 5.77. The van der Waals surface area contributed by atoms with Crippen molar-refractivity contribution in [2.75, 3.05) is 27.4 Å². The number of hydrogen-bond donors (Lipinski definition) is 3. The third kappa shape index (κ3) is 10.7. The summed E-state index contributed by atoms with van der Waals surface area (Å²) in [6.45, 7) is 10.0. The van der Waals surface area contributed by atoms with Gasteiger partial charge in [0.15, 0.2) is 11.5 Å². The Morgan fingerprint density at radius 1 is 0.909 bits per heavy atom. The van der Waals surface area contributed by atoms with Crippen molar-refractivity contribution in [1.29, 1.82) is 0 Å². The van der Waals surface area contributed by atoms with Crippen LogP contribution in [-0.2, 0) is 22.5 Å². The second-order valence-electron chi connectivity index (χ2n) is 12.4. The zero-order chi connectivity index (χ0) is 32.1. The summed E-state index contributed by atoms with van der Waals surface area (Å²) in [5.41, 5.74) is 9.81. The summed E-state index contributed by atoms with van der Waals surface area (Å²) in [4.78, 5) is 13.3. The number of rotatable bonds is 19. The molecule has 0 aliphatic heterocycles. The summed E-state index contributed by atoms with van der Waals surface area (Å²) in [6, 6.07) is 17.7. The number of nitrogens with zero attached hydrogens (tertiary/aromatic N) is 1. The summed E-state index contributed by atoms with van der Waals surface area (Å²) >= 11 is 0. The monoisotopic (exact) mass is 607 g/mol. The van der Waals surface area contributed by atoms with Crippen LogP contribution in [-0.4, -0.2) is 55.2 Å². The molecule has 0 fully saturated rings. The van der Waals surface area contributed by atoms with Gasteiger partial charge in [-0.2, -0.15) is 0 Å². The van der Waals surface area contributed by atoms with E-state index in [1.165, 1.54) is 0 Å². The van der Waals surface area contributed by atoms with Crippen LogP contribution >= 0.6 is 0 Å². The standard InChI is InChI=1S/C36H53N3O5/c1-25(2)29(19-27-13-14-34(43-6)35(21-27)44-18-10-17-42-5)22-32(37)33(40)23-31(26(3)4)36(41)38-24-28-11-9-12-30(20-28)39-15-7-8-16-39/h7-9,11-16,20-21,25-26,29,31-33,40H,10,17-19,22-24,37H2,1-6H3,(H,38,41)/t29-,31-,32-,33-/m0/s1. The van der Waals surface area contributed by atoms with Crippen molar-refractivity contribution in [3.63, 3.8) is 0 Å². The van der Waals surface area contributed by atoms with E-state index in [1.807, 2.05) is 73.3 Å². The first-order chi connectivity index (χ1) is 21.1. The number of carbonyl (C=O) groups excluding carboxylic acids is 1. The van der Waals surface area contributed by atoms with Crippen molar-refractivity contribution in [3.8, 4) is 17.2 Å². The van der Waals surface area contributed by atoms with E-state index in [4.69, 9.17) is 19.9 Å². The number of aromatic nitrogens is 1. The number of aliphatic hydroxyl groups excluding tert-OH is 1. The van der Waals surface area contributed by atoms with Gasteiger partial charge in [0, 0.05) is 56.7 Å². The van der Waals surface area contributed by atoms with Crippen molar-refractivity contribution in [2.24, 2.45) is 29.4 Å². The molecule has 1 heterocycles. The molecule has 1 aromatic heterocycles. The lowest BCUT2D eigenvalue weighted by Crippen LogP contribution is -2.42. The van der Waals surface area contributed by atoms with Crippen LogP contribution < -0.4 is 20.5 Å². The molecule has 8 nitrogen and oxygen atoms in total. The SMILES string of the molecule is COCCCOc1cc(C[C@@H](C[C@H](N)[C@@H](O)C[C@H](C(=O)NCc2cccc(-n3cccc3)c2)C(C)C)C(C)C)ccc1OC. The Hall–Kier alpha value is -3.33. The first-order valence-corrected chi connectivity index (χ1v) is 15.8. The number of nitrogens with two attached hydrogens (primary N) is 1. The summed E-state index contributed by atoms with van der Waals surface area (Å²) < 4.78 is 18.6. The maximum Gasteiger partial charge on any atom is 0.223 e. The van der Waals surface area contributed by atoms with Crippen LogP contribution in [0, 0.1) is 23.7 Å². The Morgan fingerprint density at radius 2 is 1.66 bits per heavy atom. The molecule has 0 unspecified atom stereocenters. The van der Waals surface area contributed by atoms with E-state index in [1.54, 1.807) is 14.2 Å². The number of ether oxygens (including phenoxy) is 3. The van der Waals surface area contributed by atoms with Gasteiger partial charge in [-0.3, -0.25) is 4.79 Å². The highest BCUT2D eigenvalue weighted by Crippen LogP contribution is 2.32. The van der Waals surface area contributed by atoms with Gasteiger partial charge in [0.05, 0.1) is 19.8 Å². The average Bonchev–Trinajstić information content (AvgIpc) is 3.56. The normalized spacial score (nSPS) is 14.3. The molecule has 2 aromatic carbocycles. The molecule has 0 saturated heterocycles. The molecule has 0 saturated carbocycles. The van der Waals surface area contributed by atoms with Gasteiger partial charge < -0.3 is 34.9 Å². The molecular weight excluding hydrogens is 554 g/mol. The quantitative estimate of drug-likeness (QED) is 0.149. The number of hydrogen-bond acceptors (Lipinski definition) is 6.